The number of halogens is 1. The first-order chi connectivity index (χ1) is 13.6. The average molecular weight is 411 g/mol. The molecule has 7 heteroatoms. The van der Waals surface area contributed by atoms with Crippen LogP contribution < -0.4 is 0 Å². The van der Waals surface area contributed by atoms with Gasteiger partial charge in [-0.25, -0.2) is 14.8 Å². The molecule has 0 radical (unpaired) electrons. The van der Waals surface area contributed by atoms with Crippen LogP contribution in [0.4, 0.5) is 0 Å². The molecule has 0 bridgehead atoms. The fourth-order valence-corrected chi connectivity index (χ4v) is 3.33. The highest BCUT2D eigenvalue weighted by Crippen LogP contribution is 2.25. The van der Waals surface area contributed by atoms with Crippen molar-refractivity contribution in [2.75, 3.05) is 6.26 Å². The molecule has 0 unspecified atom stereocenters. The zero-order chi connectivity index (χ0) is 19.5. The lowest BCUT2D eigenvalue weighted by atomic mass is 10.2. The molecule has 0 atom stereocenters. The maximum atomic E-state index is 12.0. The Kier molecular flexibility index (Phi) is 5.32. The smallest absolute Gasteiger partial charge is 0.331 e. The van der Waals surface area contributed by atoms with E-state index in [-0.39, 0.29) is 6.61 Å². The summed E-state index contributed by atoms with van der Waals surface area (Å²) in [5.74, 6) is -0.177. The third kappa shape index (κ3) is 4.03. The fourth-order valence-electron chi connectivity index (χ4n) is 2.69. The molecule has 0 fully saturated rings. The van der Waals surface area contributed by atoms with Gasteiger partial charge in [0.1, 0.15) is 17.3 Å². The number of hydrogen-bond donors (Lipinski definition) is 0. The van der Waals surface area contributed by atoms with Crippen molar-refractivity contribution in [2.45, 2.75) is 11.5 Å². The highest BCUT2D eigenvalue weighted by atomic mass is 35.5. The minimum Gasteiger partial charge on any atom is -0.458 e. The monoisotopic (exact) mass is 410 g/mol. The second-order valence-corrected chi connectivity index (χ2v) is 7.20. The third-order valence-electron chi connectivity index (χ3n) is 4.09. The van der Waals surface area contributed by atoms with Gasteiger partial charge in [-0.3, -0.25) is 0 Å². The predicted octanol–water partition coefficient (Wildman–Crippen LogP) is 5.51. The van der Waals surface area contributed by atoms with E-state index in [9.17, 15) is 4.79 Å². The van der Waals surface area contributed by atoms with E-state index in [0.717, 1.165) is 21.3 Å². The number of ether oxygens (including phenoxy) is 1. The van der Waals surface area contributed by atoms with Crippen molar-refractivity contribution < 1.29 is 13.9 Å². The standard InChI is InChI=1S/C21H15ClN2O3S/c1-28-15-7-6-13-10-14(21(22)24-17(13)11-15)12-26-20(25)9-8-19-23-16-4-2-3-5-18(16)27-19/h2-11H,12H2,1H3/b9-8+. The van der Waals surface area contributed by atoms with Crippen LogP contribution in [0.25, 0.3) is 28.1 Å². The van der Waals surface area contributed by atoms with Crippen molar-refractivity contribution in [1.29, 1.82) is 0 Å². The first kappa shape index (κ1) is 18.5. The van der Waals surface area contributed by atoms with Crippen molar-refractivity contribution in [3.63, 3.8) is 0 Å². The summed E-state index contributed by atoms with van der Waals surface area (Å²) < 4.78 is 10.8. The van der Waals surface area contributed by atoms with Crippen LogP contribution in [0.15, 0.2) is 63.9 Å². The fraction of sp³-hybridized carbons (Fsp3) is 0.0952. The molecule has 4 rings (SSSR count). The number of rotatable bonds is 5. The zero-order valence-electron chi connectivity index (χ0n) is 14.9. The number of nitrogens with zero attached hydrogens (tertiary/aromatic N) is 2. The van der Waals surface area contributed by atoms with Crippen LogP contribution in [0.2, 0.25) is 5.15 Å². The number of benzene rings is 2. The Morgan fingerprint density at radius 2 is 2.04 bits per heavy atom. The van der Waals surface area contributed by atoms with E-state index in [0.29, 0.717) is 22.2 Å². The maximum absolute atomic E-state index is 12.0. The second kappa shape index (κ2) is 8.04. The summed E-state index contributed by atoms with van der Waals surface area (Å²) in [6, 6.07) is 15.2. The molecule has 0 amide bonds. The van der Waals surface area contributed by atoms with Gasteiger partial charge in [0.25, 0.3) is 0 Å². The predicted molar refractivity (Wildman–Crippen MR) is 111 cm³/mol. The van der Waals surface area contributed by atoms with Crippen LogP contribution in [0.5, 0.6) is 0 Å². The van der Waals surface area contributed by atoms with Gasteiger partial charge in [0.05, 0.1) is 5.52 Å². The number of fused-ring (bicyclic) bond motifs is 2. The number of carbonyl (C=O) groups excluding carboxylic acids is 1. The number of oxazole rings is 1. The second-order valence-electron chi connectivity index (χ2n) is 5.96. The van der Waals surface area contributed by atoms with Crippen molar-refractivity contribution in [3.05, 3.63) is 71.2 Å². The molecule has 2 aromatic heterocycles. The summed E-state index contributed by atoms with van der Waals surface area (Å²) in [5.41, 5.74) is 2.85. The van der Waals surface area contributed by atoms with Crippen molar-refractivity contribution in [2.24, 2.45) is 0 Å². The average Bonchev–Trinajstić information content (AvgIpc) is 3.13. The number of para-hydroxylation sites is 2. The van der Waals surface area contributed by atoms with Crippen LogP contribution in [0.1, 0.15) is 11.5 Å². The molecular formula is C21H15ClN2O3S. The SMILES string of the molecule is CSc1ccc2cc(COC(=O)/C=C/c3nc4ccccc4o3)c(Cl)nc2c1. The normalized spacial score (nSPS) is 11.5. The van der Waals surface area contributed by atoms with Gasteiger partial charge in [0, 0.05) is 28.0 Å². The van der Waals surface area contributed by atoms with Crippen molar-refractivity contribution in [3.8, 4) is 0 Å². The maximum Gasteiger partial charge on any atom is 0.331 e. The van der Waals surface area contributed by atoms with Gasteiger partial charge < -0.3 is 9.15 Å². The van der Waals surface area contributed by atoms with Crippen LogP contribution in [-0.4, -0.2) is 22.2 Å². The Morgan fingerprint density at radius 3 is 2.86 bits per heavy atom. The lowest BCUT2D eigenvalue weighted by molar-refractivity contribution is -0.138. The quantitative estimate of drug-likeness (QED) is 0.187. The molecule has 0 saturated heterocycles. The first-order valence-electron chi connectivity index (χ1n) is 8.46. The minimum absolute atomic E-state index is 0.0305. The van der Waals surface area contributed by atoms with Gasteiger partial charge in [-0.15, -0.1) is 11.8 Å². The zero-order valence-corrected chi connectivity index (χ0v) is 16.5. The van der Waals surface area contributed by atoms with E-state index >= 15 is 0 Å². The Hall–Kier alpha value is -2.83. The van der Waals surface area contributed by atoms with E-state index in [4.69, 9.17) is 20.8 Å². The third-order valence-corrected chi connectivity index (χ3v) is 5.15. The molecule has 0 saturated carbocycles. The molecular weight excluding hydrogens is 396 g/mol. The summed E-state index contributed by atoms with van der Waals surface area (Å²) >= 11 is 7.89. The molecule has 0 aliphatic heterocycles. The summed E-state index contributed by atoms with van der Waals surface area (Å²) in [4.78, 5) is 21.8. The van der Waals surface area contributed by atoms with Gasteiger partial charge in [0.2, 0.25) is 5.89 Å². The molecule has 2 heterocycles. The highest BCUT2D eigenvalue weighted by molar-refractivity contribution is 7.98. The molecule has 0 N–H and O–H groups in total. The number of thioether (sulfide) groups is 1. The summed E-state index contributed by atoms with van der Waals surface area (Å²) in [7, 11) is 0. The Labute approximate surface area is 170 Å². The van der Waals surface area contributed by atoms with Crippen LogP contribution in [0, 0.1) is 0 Å². The van der Waals surface area contributed by atoms with Crippen LogP contribution >= 0.6 is 23.4 Å². The largest absolute Gasteiger partial charge is 0.458 e. The topological polar surface area (TPSA) is 65.2 Å². The summed E-state index contributed by atoms with van der Waals surface area (Å²) in [6.07, 6.45) is 4.76. The summed E-state index contributed by atoms with van der Waals surface area (Å²) in [6.45, 7) is 0.0305. The van der Waals surface area contributed by atoms with Crippen LogP contribution in [0.3, 0.4) is 0 Å². The molecule has 5 nitrogen and oxygen atoms in total. The molecule has 2 aromatic carbocycles. The van der Waals surface area contributed by atoms with E-state index in [2.05, 4.69) is 9.97 Å². The van der Waals surface area contributed by atoms with E-state index in [1.54, 1.807) is 11.8 Å². The van der Waals surface area contributed by atoms with E-state index < -0.39 is 5.97 Å². The molecule has 0 spiro atoms. The van der Waals surface area contributed by atoms with Gasteiger partial charge >= 0.3 is 5.97 Å². The van der Waals surface area contributed by atoms with Crippen LogP contribution in [-0.2, 0) is 16.1 Å². The Balaban J connectivity index is 1.44. The number of esters is 1. The molecule has 140 valence electrons. The first-order valence-corrected chi connectivity index (χ1v) is 10.1. The number of pyridine rings is 1. The Bertz CT molecular complexity index is 1170. The minimum atomic E-state index is -0.517. The van der Waals surface area contributed by atoms with Gasteiger partial charge in [-0.05, 0) is 36.6 Å². The van der Waals surface area contributed by atoms with Crippen molar-refractivity contribution >= 4 is 57.4 Å². The van der Waals surface area contributed by atoms with E-state index in [1.165, 1.54) is 12.2 Å². The highest BCUT2D eigenvalue weighted by Gasteiger charge is 2.09. The van der Waals surface area contributed by atoms with Gasteiger partial charge in [-0.1, -0.05) is 29.8 Å². The molecule has 28 heavy (non-hydrogen) atoms. The number of aromatic nitrogens is 2. The summed E-state index contributed by atoms with van der Waals surface area (Å²) in [5, 5.41) is 1.26. The number of carbonyl (C=O) groups is 1. The molecule has 0 aliphatic rings. The number of hydrogen-bond acceptors (Lipinski definition) is 6. The van der Waals surface area contributed by atoms with Gasteiger partial charge in [0.15, 0.2) is 5.58 Å². The molecule has 0 aliphatic carbocycles. The van der Waals surface area contributed by atoms with Gasteiger partial charge in [-0.2, -0.15) is 0 Å². The lowest BCUT2D eigenvalue weighted by Gasteiger charge is -2.07. The molecule has 4 aromatic rings. The lowest BCUT2D eigenvalue weighted by Crippen LogP contribution is -2.02. The van der Waals surface area contributed by atoms with E-state index in [1.807, 2.05) is 54.8 Å². The Morgan fingerprint density at radius 1 is 1.18 bits per heavy atom. The van der Waals surface area contributed by atoms with Crippen molar-refractivity contribution in [1.82, 2.24) is 9.97 Å².